The van der Waals surface area contributed by atoms with Crippen molar-refractivity contribution in [3.05, 3.63) is 29.8 Å². The van der Waals surface area contributed by atoms with Gasteiger partial charge in [-0.05, 0) is 50.3 Å². The topological polar surface area (TPSA) is 77.0 Å². The summed E-state index contributed by atoms with van der Waals surface area (Å²) in [7, 11) is 0. The van der Waals surface area contributed by atoms with Gasteiger partial charge >= 0.3 is 0 Å². The highest BCUT2D eigenvalue weighted by molar-refractivity contribution is 5.95. The molecule has 0 unspecified atom stereocenters. The molecule has 1 amide bonds. The quantitative estimate of drug-likeness (QED) is 0.543. The SMILES string of the molecule is CCNC(=NCc1ccc(N2CCCC2=O)cc1)NCC1(O)CCC1. The van der Waals surface area contributed by atoms with Gasteiger partial charge < -0.3 is 20.6 Å². The summed E-state index contributed by atoms with van der Waals surface area (Å²) in [5, 5.41) is 16.6. The van der Waals surface area contributed by atoms with E-state index in [4.69, 9.17) is 0 Å². The van der Waals surface area contributed by atoms with Crippen LogP contribution in [0.1, 0.15) is 44.6 Å². The van der Waals surface area contributed by atoms with Gasteiger partial charge in [-0.15, -0.1) is 0 Å². The number of nitrogens with one attached hydrogen (secondary N) is 2. The van der Waals surface area contributed by atoms with Gasteiger partial charge in [0.25, 0.3) is 0 Å². The van der Waals surface area contributed by atoms with E-state index in [0.717, 1.165) is 56.0 Å². The van der Waals surface area contributed by atoms with Gasteiger partial charge in [-0.25, -0.2) is 4.99 Å². The van der Waals surface area contributed by atoms with Crippen molar-refractivity contribution in [1.29, 1.82) is 0 Å². The minimum atomic E-state index is -0.569. The number of hydrogen-bond acceptors (Lipinski definition) is 3. The van der Waals surface area contributed by atoms with Gasteiger partial charge in [0.05, 0.1) is 12.1 Å². The number of aliphatic imine (C=N–C) groups is 1. The van der Waals surface area contributed by atoms with Crippen LogP contribution in [0.2, 0.25) is 0 Å². The number of benzene rings is 1. The first-order valence-corrected chi connectivity index (χ1v) is 9.23. The first-order valence-electron chi connectivity index (χ1n) is 9.23. The van der Waals surface area contributed by atoms with E-state index >= 15 is 0 Å². The van der Waals surface area contributed by atoms with Crippen LogP contribution in [0, 0.1) is 0 Å². The Morgan fingerprint density at radius 3 is 2.56 bits per heavy atom. The van der Waals surface area contributed by atoms with E-state index in [1.54, 1.807) is 0 Å². The number of carbonyl (C=O) groups excluding carboxylic acids is 1. The van der Waals surface area contributed by atoms with E-state index in [1.165, 1.54) is 0 Å². The van der Waals surface area contributed by atoms with Crippen LogP contribution >= 0.6 is 0 Å². The summed E-state index contributed by atoms with van der Waals surface area (Å²) in [6.07, 6.45) is 4.40. The van der Waals surface area contributed by atoms with Crippen LogP contribution in [0.5, 0.6) is 0 Å². The lowest BCUT2D eigenvalue weighted by molar-refractivity contribution is -0.117. The zero-order valence-corrected chi connectivity index (χ0v) is 14.9. The van der Waals surface area contributed by atoms with Crippen molar-refractivity contribution < 1.29 is 9.90 Å². The van der Waals surface area contributed by atoms with Crippen LogP contribution in [0.3, 0.4) is 0 Å². The molecule has 6 heteroatoms. The zero-order valence-electron chi connectivity index (χ0n) is 14.9. The summed E-state index contributed by atoms with van der Waals surface area (Å²) in [6, 6.07) is 8.03. The number of hydrogen-bond donors (Lipinski definition) is 3. The number of guanidine groups is 1. The molecule has 1 saturated heterocycles. The highest BCUT2D eigenvalue weighted by Gasteiger charge is 2.34. The molecule has 1 saturated carbocycles. The van der Waals surface area contributed by atoms with E-state index in [9.17, 15) is 9.90 Å². The van der Waals surface area contributed by atoms with Crippen molar-refractivity contribution in [2.75, 3.05) is 24.5 Å². The summed E-state index contributed by atoms with van der Waals surface area (Å²) in [5.41, 5.74) is 1.49. The van der Waals surface area contributed by atoms with Crippen molar-refractivity contribution in [2.24, 2.45) is 4.99 Å². The van der Waals surface area contributed by atoms with E-state index in [1.807, 2.05) is 36.1 Å². The Labute approximate surface area is 149 Å². The zero-order chi connectivity index (χ0) is 17.7. The Hall–Kier alpha value is -2.08. The highest BCUT2D eigenvalue weighted by Crippen LogP contribution is 2.30. The molecule has 0 bridgehead atoms. The molecule has 25 heavy (non-hydrogen) atoms. The van der Waals surface area contributed by atoms with Crippen LogP contribution in [0.25, 0.3) is 0 Å². The lowest BCUT2D eigenvalue weighted by Crippen LogP contribution is -2.50. The molecule has 1 aromatic rings. The Morgan fingerprint density at radius 2 is 2.00 bits per heavy atom. The summed E-state index contributed by atoms with van der Waals surface area (Å²) in [5.74, 6) is 0.931. The fraction of sp³-hybridized carbons (Fsp3) is 0.579. The van der Waals surface area contributed by atoms with Crippen LogP contribution in [-0.4, -0.2) is 42.2 Å². The lowest BCUT2D eigenvalue weighted by atomic mass is 9.80. The molecule has 6 nitrogen and oxygen atoms in total. The first-order chi connectivity index (χ1) is 12.1. The number of rotatable bonds is 6. The summed E-state index contributed by atoms with van der Waals surface area (Å²) in [4.78, 5) is 18.2. The first kappa shape index (κ1) is 17.7. The second-order valence-electron chi connectivity index (χ2n) is 6.94. The second-order valence-corrected chi connectivity index (χ2v) is 6.94. The Bertz CT molecular complexity index is 623. The van der Waals surface area contributed by atoms with Gasteiger partial charge in [0.15, 0.2) is 5.96 Å². The van der Waals surface area contributed by atoms with Gasteiger partial charge in [-0.2, -0.15) is 0 Å². The van der Waals surface area contributed by atoms with Crippen molar-refractivity contribution in [3.8, 4) is 0 Å². The van der Waals surface area contributed by atoms with Gasteiger partial charge in [0.1, 0.15) is 0 Å². The Morgan fingerprint density at radius 1 is 1.24 bits per heavy atom. The van der Waals surface area contributed by atoms with Gasteiger partial charge in [0, 0.05) is 31.7 Å². The minimum absolute atomic E-state index is 0.207. The van der Waals surface area contributed by atoms with Crippen molar-refractivity contribution in [3.63, 3.8) is 0 Å². The second kappa shape index (κ2) is 7.87. The monoisotopic (exact) mass is 344 g/mol. The molecular weight excluding hydrogens is 316 g/mol. The fourth-order valence-corrected chi connectivity index (χ4v) is 3.22. The molecule has 2 aliphatic rings. The maximum atomic E-state index is 11.8. The molecule has 1 aliphatic carbocycles. The predicted octanol–water partition coefficient (Wildman–Crippen LogP) is 1.78. The largest absolute Gasteiger partial charge is 0.388 e. The predicted molar refractivity (Wildman–Crippen MR) is 99.6 cm³/mol. The third-order valence-electron chi connectivity index (χ3n) is 4.95. The number of anilines is 1. The highest BCUT2D eigenvalue weighted by atomic mass is 16.3. The number of carbonyl (C=O) groups is 1. The molecule has 3 rings (SSSR count). The summed E-state index contributed by atoms with van der Waals surface area (Å²) >= 11 is 0. The molecule has 1 aromatic carbocycles. The number of amides is 1. The smallest absolute Gasteiger partial charge is 0.227 e. The van der Waals surface area contributed by atoms with Crippen molar-refractivity contribution in [2.45, 2.75) is 51.2 Å². The van der Waals surface area contributed by atoms with Crippen molar-refractivity contribution >= 4 is 17.6 Å². The van der Waals surface area contributed by atoms with E-state index in [0.29, 0.717) is 19.5 Å². The molecule has 0 atom stereocenters. The average Bonchev–Trinajstić information content (AvgIpc) is 3.02. The van der Waals surface area contributed by atoms with Gasteiger partial charge in [-0.1, -0.05) is 12.1 Å². The molecule has 1 heterocycles. The molecule has 3 N–H and O–H groups in total. The molecule has 0 spiro atoms. The maximum Gasteiger partial charge on any atom is 0.227 e. The lowest BCUT2D eigenvalue weighted by Gasteiger charge is -2.37. The Balaban J connectivity index is 1.57. The van der Waals surface area contributed by atoms with Crippen LogP contribution in [0.15, 0.2) is 29.3 Å². The minimum Gasteiger partial charge on any atom is -0.388 e. The number of aliphatic hydroxyl groups is 1. The molecule has 2 fully saturated rings. The summed E-state index contributed by atoms with van der Waals surface area (Å²) < 4.78 is 0. The molecule has 0 aromatic heterocycles. The average molecular weight is 344 g/mol. The third kappa shape index (κ3) is 4.51. The van der Waals surface area contributed by atoms with E-state index < -0.39 is 5.60 Å². The van der Waals surface area contributed by atoms with E-state index in [-0.39, 0.29) is 5.91 Å². The molecule has 1 aliphatic heterocycles. The number of nitrogens with zero attached hydrogens (tertiary/aromatic N) is 2. The fourth-order valence-electron chi connectivity index (χ4n) is 3.22. The standard InChI is InChI=1S/C19H28N4O2/c1-2-20-18(22-14-19(25)10-4-11-19)21-13-15-6-8-16(9-7-15)23-12-3-5-17(23)24/h6-9,25H,2-5,10-14H2,1H3,(H2,20,21,22). The third-order valence-corrected chi connectivity index (χ3v) is 4.95. The van der Waals surface area contributed by atoms with Gasteiger partial charge in [-0.3, -0.25) is 4.79 Å². The Kier molecular flexibility index (Phi) is 5.58. The van der Waals surface area contributed by atoms with Crippen LogP contribution in [-0.2, 0) is 11.3 Å². The van der Waals surface area contributed by atoms with Crippen molar-refractivity contribution in [1.82, 2.24) is 10.6 Å². The van der Waals surface area contributed by atoms with Crippen LogP contribution < -0.4 is 15.5 Å². The summed E-state index contributed by atoms with van der Waals surface area (Å²) in [6.45, 7) is 4.71. The normalized spacial score (nSPS) is 19.7. The van der Waals surface area contributed by atoms with E-state index in [2.05, 4.69) is 15.6 Å². The molecular formula is C19H28N4O2. The van der Waals surface area contributed by atoms with Crippen LogP contribution in [0.4, 0.5) is 5.69 Å². The molecule has 0 radical (unpaired) electrons. The molecule has 136 valence electrons. The van der Waals surface area contributed by atoms with Gasteiger partial charge in [0.2, 0.25) is 5.91 Å². The maximum absolute atomic E-state index is 11.8.